The first kappa shape index (κ1) is 31.1. The number of carbonyl (C=O) groups is 6. The maximum atomic E-state index is 12.9. The molecule has 34 heavy (non-hydrogen) atoms. The minimum atomic E-state index is -1.46. The van der Waals surface area contributed by atoms with Crippen molar-refractivity contribution in [2.45, 2.75) is 70.1 Å². The number of thioether (sulfide) groups is 1. The molecule has 14 heteroatoms. The van der Waals surface area contributed by atoms with Crippen LogP contribution in [0.4, 0.5) is 0 Å². The van der Waals surface area contributed by atoms with Gasteiger partial charge in [-0.05, 0) is 30.8 Å². The Balaban J connectivity index is 5.53. The Labute approximate surface area is 201 Å². The number of nitrogens with two attached hydrogens (primary N) is 1. The predicted octanol–water partition coefficient (Wildman–Crippen LogP) is -1.01. The molecule has 194 valence electrons. The molecule has 0 bridgehead atoms. The first-order chi connectivity index (χ1) is 15.8. The van der Waals surface area contributed by atoms with Gasteiger partial charge >= 0.3 is 17.9 Å². The van der Waals surface area contributed by atoms with E-state index in [2.05, 4.69) is 16.0 Å². The quantitative estimate of drug-likeness (QED) is 0.126. The predicted molar refractivity (Wildman–Crippen MR) is 123 cm³/mol. The largest absolute Gasteiger partial charge is 0.481 e. The highest BCUT2D eigenvalue weighted by Crippen LogP contribution is 2.11. The normalized spacial score (nSPS) is 15.2. The van der Waals surface area contributed by atoms with E-state index in [-0.39, 0.29) is 12.8 Å². The van der Waals surface area contributed by atoms with Crippen molar-refractivity contribution in [3.63, 3.8) is 0 Å². The molecule has 0 aliphatic heterocycles. The van der Waals surface area contributed by atoms with Crippen LogP contribution in [0, 0.1) is 5.92 Å². The summed E-state index contributed by atoms with van der Waals surface area (Å²) in [5.74, 6) is -6.25. The van der Waals surface area contributed by atoms with E-state index < -0.39 is 78.6 Å². The number of hydrogen-bond donors (Lipinski definition) is 7. The molecule has 13 nitrogen and oxygen atoms in total. The third-order valence-corrected chi connectivity index (χ3v) is 5.67. The Morgan fingerprint density at radius 3 is 1.91 bits per heavy atom. The van der Waals surface area contributed by atoms with Crippen molar-refractivity contribution in [2.75, 3.05) is 12.0 Å². The first-order valence-electron chi connectivity index (χ1n) is 10.7. The van der Waals surface area contributed by atoms with Crippen molar-refractivity contribution in [3.05, 3.63) is 0 Å². The molecule has 0 spiro atoms. The summed E-state index contributed by atoms with van der Waals surface area (Å²) in [7, 11) is 0. The second-order valence-corrected chi connectivity index (χ2v) is 8.74. The molecule has 0 saturated carbocycles. The summed E-state index contributed by atoms with van der Waals surface area (Å²) in [6.45, 7) is 3.42. The second kappa shape index (κ2) is 15.9. The van der Waals surface area contributed by atoms with Crippen LogP contribution in [0.2, 0.25) is 0 Å². The molecule has 0 saturated heterocycles. The van der Waals surface area contributed by atoms with Gasteiger partial charge in [0.25, 0.3) is 0 Å². The third-order valence-electron chi connectivity index (χ3n) is 5.03. The van der Waals surface area contributed by atoms with Crippen molar-refractivity contribution < 1.29 is 44.1 Å². The Hall–Kier alpha value is -2.87. The van der Waals surface area contributed by atoms with Crippen molar-refractivity contribution in [1.29, 1.82) is 0 Å². The molecule has 0 aromatic carbocycles. The van der Waals surface area contributed by atoms with Gasteiger partial charge in [-0.1, -0.05) is 20.3 Å². The van der Waals surface area contributed by atoms with Gasteiger partial charge in [0.2, 0.25) is 17.7 Å². The molecular weight excluding hydrogens is 472 g/mol. The molecule has 0 aromatic rings. The molecule has 0 rings (SSSR count). The molecule has 0 radical (unpaired) electrons. The molecular formula is C20H34N4O9S. The van der Waals surface area contributed by atoms with Gasteiger partial charge in [-0.3, -0.25) is 24.0 Å². The SMILES string of the molecule is CCC(C)C(NC(=O)C(CCSC)NC(=O)C(N)CC(=O)O)C(=O)NC(CCC(=O)O)C(=O)O. The van der Waals surface area contributed by atoms with Crippen LogP contribution in [0.3, 0.4) is 0 Å². The smallest absolute Gasteiger partial charge is 0.326 e. The van der Waals surface area contributed by atoms with Crippen molar-refractivity contribution in [2.24, 2.45) is 11.7 Å². The zero-order valence-electron chi connectivity index (χ0n) is 19.4. The van der Waals surface area contributed by atoms with Gasteiger partial charge in [0.15, 0.2) is 0 Å². The summed E-state index contributed by atoms with van der Waals surface area (Å²) >= 11 is 1.40. The molecule has 5 atom stereocenters. The fourth-order valence-corrected chi connectivity index (χ4v) is 3.28. The highest BCUT2D eigenvalue weighted by atomic mass is 32.2. The maximum Gasteiger partial charge on any atom is 0.326 e. The number of carboxylic acid groups (broad SMARTS) is 3. The number of rotatable bonds is 17. The molecule has 3 amide bonds. The topological polar surface area (TPSA) is 225 Å². The van der Waals surface area contributed by atoms with E-state index in [1.165, 1.54) is 11.8 Å². The standard InChI is InChI=1S/C20H34N4O9S/c1-4-10(2)16(19(31)23-13(20(32)33)5-6-14(25)26)24-18(30)12(7-8-34-3)22-17(29)11(21)9-15(27)28/h10-13,16H,4-9,21H2,1-3H3,(H,22,29)(H,23,31)(H,24,30)(H,25,26)(H,27,28)(H,32,33). The molecule has 0 fully saturated rings. The van der Waals surface area contributed by atoms with Gasteiger partial charge in [-0.2, -0.15) is 11.8 Å². The Kier molecular flexibility index (Phi) is 14.5. The molecule has 5 unspecified atom stereocenters. The van der Waals surface area contributed by atoms with Crippen molar-refractivity contribution in [3.8, 4) is 0 Å². The van der Waals surface area contributed by atoms with E-state index in [4.69, 9.17) is 15.9 Å². The number of hydrogen-bond acceptors (Lipinski definition) is 8. The average Bonchev–Trinajstić information content (AvgIpc) is 2.75. The summed E-state index contributed by atoms with van der Waals surface area (Å²) in [6, 6.07) is -5.11. The van der Waals surface area contributed by atoms with Crippen LogP contribution in [0.1, 0.15) is 46.0 Å². The van der Waals surface area contributed by atoms with E-state index >= 15 is 0 Å². The van der Waals surface area contributed by atoms with E-state index in [0.717, 1.165) is 0 Å². The van der Waals surface area contributed by atoms with E-state index in [1.54, 1.807) is 20.1 Å². The van der Waals surface area contributed by atoms with Crippen LogP contribution >= 0.6 is 11.8 Å². The summed E-state index contributed by atoms with van der Waals surface area (Å²) in [5.41, 5.74) is 5.56. The van der Waals surface area contributed by atoms with Crippen LogP contribution in [0.25, 0.3) is 0 Å². The average molecular weight is 507 g/mol. The minimum Gasteiger partial charge on any atom is -0.481 e. The number of aliphatic carboxylic acids is 3. The van der Waals surface area contributed by atoms with E-state index in [0.29, 0.717) is 12.2 Å². The van der Waals surface area contributed by atoms with Crippen LogP contribution in [0.15, 0.2) is 0 Å². The lowest BCUT2D eigenvalue weighted by Gasteiger charge is -2.28. The summed E-state index contributed by atoms with van der Waals surface area (Å²) in [5, 5.41) is 34.1. The van der Waals surface area contributed by atoms with Crippen LogP contribution in [-0.2, 0) is 28.8 Å². The van der Waals surface area contributed by atoms with Gasteiger partial charge < -0.3 is 37.0 Å². The number of carboxylic acids is 3. The minimum absolute atomic E-state index is 0.170. The zero-order chi connectivity index (χ0) is 26.4. The van der Waals surface area contributed by atoms with Crippen LogP contribution in [-0.4, -0.2) is 87.1 Å². The molecule has 0 aromatic heterocycles. The van der Waals surface area contributed by atoms with Gasteiger partial charge in [0.05, 0.1) is 12.5 Å². The third kappa shape index (κ3) is 11.8. The second-order valence-electron chi connectivity index (χ2n) is 7.75. The summed E-state index contributed by atoms with van der Waals surface area (Å²) in [4.78, 5) is 71.0. The molecule has 0 aliphatic carbocycles. The lowest BCUT2D eigenvalue weighted by Crippen LogP contribution is -2.58. The van der Waals surface area contributed by atoms with E-state index in [9.17, 15) is 33.9 Å². The van der Waals surface area contributed by atoms with Gasteiger partial charge in [0, 0.05) is 6.42 Å². The van der Waals surface area contributed by atoms with Crippen LogP contribution < -0.4 is 21.7 Å². The van der Waals surface area contributed by atoms with Crippen molar-refractivity contribution >= 4 is 47.4 Å². The Morgan fingerprint density at radius 1 is 0.853 bits per heavy atom. The van der Waals surface area contributed by atoms with Crippen LogP contribution in [0.5, 0.6) is 0 Å². The Morgan fingerprint density at radius 2 is 1.44 bits per heavy atom. The molecule has 8 N–H and O–H groups in total. The highest BCUT2D eigenvalue weighted by Gasteiger charge is 2.33. The first-order valence-corrected chi connectivity index (χ1v) is 12.0. The fourth-order valence-electron chi connectivity index (χ4n) is 2.81. The number of nitrogens with one attached hydrogen (secondary N) is 3. The monoisotopic (exact) mass is 506 g/mol. The van der Waals surface area contributed by atoms with Crippen molar-refractivity contribution in [1.82, 2.24) is 16.0 Å². The van der Waals surface area contributed by atoms with Gasteiger partial charge in [-0.25, -0.2) is 4.79 Å². The van der Waals surface area contributed by atoms with E-state index in [1.807, 2.05) is 0 Å². The summed E-state index contributed by atoms with van der Waals surface area (Å²) in [6.07, 6.45) is 0.946. The lowest BCUT2D eigenvalue weighted by atomic mass is 9.97. The lowest BCUT2D eigenvalue weighted by molar-refractivity contribution is -0.143. The molecule has 0 heterocycles. The number of carbonyl (C=O) groups excluding carboxylic acids is 3. The number of amides is 3. The highest BCUT2D eigenvalue weighted by molar-refractivity contribution is 7.98. The van der Waals surface area contributed by atoms with Gasteiger partial charge in [-0.15, -0.1) is 0 Å². The van der Waals surface area contributed by atoms with Gasteiger partial charge in [0.1, 0.15) is 18.1 Å². The fraction of sp³-hybridized carbons (Fsp3) is 0.700. The maximum absolute atomic E-state index is 12.9. The summed E-state index contributed by atoms with van der Waals surface area (Å²) < 4.78 is 0. The Bertz CT molecular complexity index is 750. The zero-order valence-corrected chi connectivity index (χ0v) is 20.2. The molecule has 0 aliphatic rings.